The molecule has 0 saturated carbocycles. The molecule has 1 N–H and O–H groups in total. The van der Waals surface area contributed by atoms with Gasteiger partial charge in [0.2, 0.25) is 5.95 Å². The van der Waals surface area contributed by atoms with E-state index in [2.05, 4.69) is 9.97 Å². The predicted molar refractivity (Wildman–Crippen MR) is 173 cm³/mol. The van der Waals surface area contributed by atoms with E-state index in [1.165, 1.54) is 29.4 Å². The van der Waals surface area contributed by atoms with E-state index in [0.717, 1.165) is 23.8 Å². The number of hydrogen-bond acceptors (Lipinski definition) is 7. The third-order valence-electron chi connectivity index (χ3n) is 7.58. The van der Waals surface area contributed by atoms with Gasteiger partial charge in [-0.1, -0.05) is 26.0 Å². The van der Waals surface area contributed by atoms with E-state index in [1.807, 2.05) is 26.0 Å². The Labute approximate surface area is 284 Å². The number of benzene rings is 3. The lowest BCUT2D eigenvalue weighted by molar-refractivity contribution is -0.138. The van der Waals surface area contributed by atoms with E-state index in [0.29, 0.717) is 22.9 Å². The van der Waals surface area contributed by atoms with E-state index in [4.69, 9.17) is 14.6 Å². The van der Waals surface area contributed by atoms with Crippen LogP contribution in [-0.4, -0.2) is 34.3 Å². The van der Waals surface area contributed by atoms with Crippen molar-refractivity contribution >= 4 is 11.9 Å². The van der Waals surface area contributed by atoms with E-state index in [9.17, 15) is 36.4 Å². The summed E-state index contributed by atoms with van der Waals surface area (Å²) in [5.41, 5.74) is -0.234. The molecule has 8 nitrogen and oxygen atoms in total. The van der Waals surface area contributed by atoms with E-state index >= 15 is 0 Å². The number of nitriles is 1. The van der Waals surface area contributed by atoms with Crippen LogP contribution in [0.3, 0.4) is 0 Å². The molecule has 0 amide bonds. The van der Waals surface area contributed by atoms with Crippen LogP contribution in [0.15, 0.2) is 67.0 Å². The van der Waals surface area contributed by atoms with Crippen molar-refractivity contribution in [2.75, 3.05) is 18.1 Å². The average Bonchev–Trinajstić information content (AvgIpc) is 3.06. The SMILES string of the molecule is CCOc1ccc(C(C)C)cc1-c1ccc(C(F)(F)F)cc1CN(Cc1cc(C#N)cc(C(F)(F)F)c1)c1ncc(OCCCC(=O)O)cn1. The Morgan fingerprint density at radius 1 is 0.900 bits per heavy atom. The van der Waals surface area contributed by atoms with E-state index in [-0.39, 0.29) is 73.5 Å². The molecule has 3 aromatic carbocycles. The van der Waals surface area contributed by atoms with Crippen LogP contribution in [0.5, 0.6) is 11.5 Å². The van der Waals surface area contributed by atoms with E-state index in [1.54, 1.807) is 19.1 Å². The Balaban J connectivity index is 1.85. The molecule has 0 aliphatic carbocycles. The smallest absolute Gasteiger partial charge is 0.416 e. The normalized spacial score (nSPS) is 11.7. The number of carboxylic acid groups (broad SMARTS) is 1. The van der Waals surface area contributed by atoms with Gasteiger partial charge in [0.1, 0.15) is 5.75 Å². The molecule has 0 atom stereocenters. The maximum Gasteiger partial charge on any atom is 0.416 e. The second kappa shape index (κ2) is 15.9. The lowest BCUT2D eigenvalue weighted by Gasteiger charge is -2.26. The first-order valence-electron chi connectivity index (χ1n) is 15.6. The summed E-state index contributed by atoms with van der Waals surface area (Å²) in [6.45, 7) is 5.42. The molecular formula is C36H34F6N4O4. The third-order valence-corrected chi connectivity index (χ3v) is 7.58. The molecule has 0 radical (unpaired) electrons. The van der Waals surface area contributed by atoms with Crippen LogP contribution in [0.2, 0.25) is 0 Å². The number of ether oxygens (including phenoxy) is 2. The molecule has 0 unspecified atom stereocenters. The Morgan fingerprint density at radius 2 is 1.60 bits per heavy atom. The monoisotopic (exact) mass is 700 g/mol. The van der Waals surface area contributed by atoms with Crippen LogP contribution in [0.4, 0.5) is 32.3 Å². The number of carbonyl (C=O) groups is 1. The van der Waals surface area contributed by atoms with Crippen molar-refractivity contribution in [2.24, 2.45) is 0 Å². The van der Waals surface area contributed by atoms with Crippen molar-refractivity contribution < 1.29 is 45.7 Å². The zero-order valence-electron chi connectivity index (χ0n) is 27.4. The molecule has 1 heterocycles. The number of carboxylic acids is 1. The average molecular weight is 701 g/mol. The van der Waals surface area contributed by atoms with Crippen LogP contribution >= 0.6 is 0 Å². The highest BCUT2D eigenvalue weighted by Gasteiger charge is 2.33. The molecule has 0 aliphatic heterocycles. The summed E-state index contributed by atoms with van der Waals surface area (Å²) in [7, 11) is 0. The van der Waals surface area contributed by atoms with Crippen LogP contribution < -0.4 is 14.4 Å². The zero-order chi connectivity index (χ0) is 36.6. The number of aliphatic carboxylic acids is 1. The number of hydrogen-bond donors (Lipinski definition) is 1. The lowest BCUT2D eigenvalue weighted by Crippen LogP contribution is -2.25. The van der Waals surface area contributed by atoms with Gasteiger partial charge in [-0.15, -0.1) is 0 Å². The Hall–Kier alpha value is -5.32. The zero-order valence-corrected chi connectivity index (χ0v) is 27.4. The summed E-state index contributed by atoms with van der Waals surface area (Å²) in [6.07, 6.45) is -6.85. The first kappa shape index (κ1) is 37.5. The minimum absolute atomic E-state index is 0.0410. The number of halogens is 6. The Morgan fingerprint density at radius 3 is 2.20 bits per heavy atom. The fraction of sp³-hybridized carbons (Fsp3) is 0.333. The highest BCUT2D eigenvalue weighted by atomic mass is 19.4. The van der Waals surface area contributed by atoms with Gasteiger partial charge in [0.25, 0.3) is 0 Å². The Bertz CT molecular complexity index is 1840. The molecule has 264 valence electrons. The second-order valence-electron chi connectivity index (χ2n) is 11.7. The number of aromatic nitrogens is 2. The Kier molecular flexibility index (Phi) is 11.9. The fourth-order valence-electron chi connectivity index (χ4n) is 5.16. The van der Waals surface area contributed by atoms with Gasteiger partial charge in [0.05, 0.1) is 48.4 Å². The van der Waals surface area contributed by atoms with Gasteiger partial charge in [-0.25, -0.2) is 9.97 Å². The molecule has 4 aromatic rings. The van der Waals surface area contributed by atoms with Crippen molar-refractivity contribution in [3.8, 4) is 28.7 Å². The largest absolute Gasteiger partial charge is 0.493 e. The van der Waals surface area contributed by atoms with Crippen LogP contribution in [0, 0.1) is 11.3 Å². The number of nitrogens with zero attached hydrogens (tertiary/aromatic N) is 4. The van der Waals surface area contributed by atoms with Crippen molar-refractivity contribution in [1.82, 2.24) is 9.97 Å². The fourth-order valence-corrected chi connectivity index (χ4v) is 5.16. The minimum atomic E-state index is -4.77. The first-order chi connectivity index (χ1) is 23.6. The van der Waals surface area contributed by atoms with Gasteiger partial charge in [0, 0.05) is 25.1 Å². The molecule has 0 saturated heterocycles. The van der Waals surface area contributed by atoms with Gasteiger partial charge in [-0.2, -0.15) is 31.6 Å². The standard InChI is InChI=1S/C36H34F6N4O4/c1-4-49-32-10-7-25(22(2)3)16-31(32)30-9-8-27(35(37,38)39)15-26(30)21-46(20-24-12-23(17-43)13-28(14-24)36(40,41)42)34-44-18-29(19-45-34)50-11-5-6-33(47)48/h7-10,12-16,18-19,22H,4-6,11,20-21H2,1-3H3,(H,47,48). The highest BCUT2D eigenvalue weighted by Crippen LogP contribution is 2.39. The summed E-state index contributed by atoms with van der Waals surface area (Å²) < 4.78 is 95.0. The van der Waals surface area contributed by atoms with Crippen molar-refractivity contribution in [3.05, 3.63) is 100 Å². The number of anilines is 1. The van der Waals surface area contributed by atoms with Crippen molar-refractivity contribution in [1.29, 1.82) is 5.26 Å². The third kappa shape index (κ3) is 9.87. The van der Waals surface area contributed by atoms with Gasteiger partial charge in [-0.05, 0) is 84.0 Å². The molecule has 50 heavy (non-hydrogen) atoms. The van der Waals surface area contributed by atoms with Gasteiger partial charge >= 0.3 is 18.3 Å². The summed E-state index contributed by atoms with van der Waals surface area (Å²) >= 11 is 0. The molecule has 4 rings (SSSR count). The van der Waals surface area contributed by atoms with E-state index < -0.39 is 29.4 Å². The summed E-state index contributed by atoms with van der Waals surface area (Å²) in [5.74, 6) is -0.364. The molecule has 0 fully saturated rings. The van der Waals surface area contributed by atoms with Crippen molar-refractivity contribution in [2.45, 2.75) is 65.0 Å². The van der Waals surface area contributed by atoms with Gasteiger partial charge < -0.3 is 19.5 Å². The lowest BCUT2D eigenvalue weighted by atomic mass is 9.92. The second-order valence-corrected chi connectivity index (χ2v) is 11.7. The van der Waals surface area contributed by atoms with Crippen molar-refractivity contribution in [3.63, 3.8) is 0 Å². The molecule has 0 aliphatic rings. The molecule has 0 spiro atoms. The topological polar surface area (TPSA) is 109 Å². The molecule has 14 heteroatoms. The van der Waals surface area contributed by atoms with Gasteiger partial charge in [0.15, 0.2) is 5.75 Å². The maximum atomic E-state index is 14.1. The number of rotatable bonds is 14. The number of alkyl halides is 6. The predicted octanol–water partition coefficient (Wildman–Crippen LogP) is 9.03. The summed E-state index contributed by atoms with van der Waals surface area (Å²) in [4.78, 5) is 20.8. The van der Waals surface area contributed by atoms with Gasteiger partial charge in [-0.3, -0.25) is 4.79 Å². The van der Waals surface area contributed by atoms with Crippen LogP contribution in [0.25, 0.3) is 11.1 Å². The molecular weight excluding hydrogens is 666 g/mol. The minimum Gasteiger partial charge on any atom is -0.493 e. The summed E-state index contributed by atoms with van der Waals surface area (Å²) in [6, 6.07) is 13.3. The highest BCUT2D eigenvalue weighted by molar-refractivity contribution is 5.75. The quantitative estimate of drug-likeness (QED) is 0.103. The van der Waals surface area contributed by atoms with Crippen LogP contribution in [-0.2, 0) is 30.2 Å². The molecule has 0 bridgehead atoms. The first-order valence-corrected chi connectivity index (χ1v) is 15.6. The van der Waals surface area contributed by atoms with Crippen LogP contribution in [0.1, 0.15) is 72.9 Å². The summed E-state index contributed by atoms with van der Waals surface area (Å²) in [5, 5.41) is 18.3. The maximum absolute atomic E-state index is 14.1. The molecule has 1 aromatic heterocycles.